The van der Waals surface area contributed by atoms with E-state index in [1.807, 2.05) is 0 Å². The highest BCUT2D eigenvalue weighted by Crippen LogP contribution is 2.25. The minimum atomic E-state index is -0.310. The minimum Gasteiger partial charge on any atom is -0.497 e. The van der Waals surface area contributed by atoms with Gasteiger partial charge in [0, 0.05) is 11.6 Å². The molecule has 0 aliphatic carbocycles. The molecule has 0 unspecified atom stereocenters. The number of benzene rings is 2. The second-order valence-electron chi connectivity index (χ2n) is 4.34. The van der Waals surface area contributed by atoms with Crippen LogP contribution < -0.4 is 14.8 Å². The number of methoxy groups -OCH3 is 2. The second-order valence-corrected chi connectivity index (χ2v) is 4.34. The standard InChI is InChI=1S/C16H17NO4/c1-20-12-8-7-11(10-18)14(9-12)17-16(19)13-5-3-4-6-15(13)21-2/h3-9,18H,10H2,1-2H3,(H,17,19). The highest BCUT2D eigenvalue weighted by molar-refractivity contribution is 6.06. The molecule has 0 radical (unpaired) electrons. The van der Waals surface area contributed by atoms with Crippen LogP contribution in [-0.4, -0.2) is 25.2 Å². The molecule has 0 atom stereocenters. The average Bonchev–Trinajstić information content (AvgIpc) is 2.54. The number of aliphatic hydroxyl groups is 1. The molecule has 0 heterocycles. The fraction of sp³-hybridized carbons (Fsp3) is 0.188. The smallest absolute Gasteiger partial charge is 0.259 e. The van der Waals surface area contributed by atoms with E-state index in [0.717, 1.165) is 0 Å². The highest BCUT2D eigenvalue weighted by atomic mass is 16.5. The molecule has 2 N–H and O–H groups in total. The number of aliphatic hydroxyl groups excluding tert-OH is 1. The van der Waals surface area contributed by atoms with E-state index in [-0.39, 0.29) is 12.5 Å². The number of amides is 1. The Hall–Kier alpha value is -2.53. The molecule has 0 aliphatic rings. The van der Waals surface area contributed by atoms with Crippen molar-refractivity contribution in [3.05, 3.63) is 53.6 Å². The minimum absolute atomic E-state index is 0.175. The topological polar surface area (TPSA) is 67.8 Å². The summed E-state index contributed by atoms with van der Waals surface area (Å²) in [5.74, 6) is 0.779. The zero-order valence-electron chi connectivity index (χ0n) is 11.9. The van der Waals surface area contributed by atoms with E-state index in [2.05, 4.69) is 5.32 Å². The average molecular weight is 287 g/mol. The summed E-state index contributed by atoms with van der Waals surface area (Å²) in [7, 11) is 3.05. The van der Waals surface area contributed by atoms with Crippen LogP contribution in [0.5, 0.6) is 11.5 Å². The molecule has 1 amide bonds. The molecule has 2 aromatic carbocycles. The maximum absolute atomic E-state index is 12.3. The van der Waals surface area contributed by atoms with Crippen LogP contribution in [0.2, 0.25) is 0 Å². The van der Waals surface area contributed by atoms with E-state index in [1.165, 1.54) is 7.11 Å². The predicted octanol–water partition coefficient (Wildman–Crippen LogP) is 2.45. The molecule has 0 fully saturated rings. The van der Waals surface area contributed by atoms with Gasteiger partial charge in [0.15, 0.2) is 0 Å². The Labute approximate surface area is 123 Å². The fourth-order valence-electron chi connectivity index (χ4n) is 1.96. The maximum atomic E-state index is 12.3. The van der Waals surface area contributed by atoms with Crippen LogP contribution in [0.15, 0.2) is 42.5 Å². The van der Waals surface area contributed by atoms with E-state index >= 15 is 0 Å². The van der Waals surface area contributed by atoms with Crippen LogP contribution in [0.25, 0.3) is 0 Å². The number of para-hydroxylation sites is 1. The second kappa shape index (κ2) is 6.76. The van der Waals surface area contributed by atoms with Crippen molar-refractivity contribution in [2.45, 2.75) is 6.61 Å². The van der Waals surface area contributed by atoms with Crippen molar-refractivity contribution in [2.75, 3.05) is 19.5 Å². The van der Waals surface area contributed by atoms with E-state index in [0.29, 0.717) is 28.3 Å². The number of hydrogen-bond donors (Lipinski definition) is 2. The van der Waals surface area contributed by atoms with Gasteiger partial charge in [-0.25, -0.2) is 0 Å². The molecule has 0 aromatic heterocycles. The summed E-state index contributed by atoms with van der Waals surface area (Å²) < 4.78 is 10.3. The third-order valence-electron chi connectivity index (χ3n) is 3.09. The summed E-state index contributed by atoms with van der Waals surface area (Å²) >= 11 is 0. The van der Waals surface area contributed by atoms with Gasteiger partial charge < -0.3 is 19.9 Å². The first-order valence-electron chi connectivity index (χ1n) is 6.41. The number of carbonyl (C=O) groups excluding carboxylic acids is 1. The number of hydrogen-bond acceptors (Lipinski definition) is 4. The molecule has 5 nitrogen and oxygen atoms in total. The number of rotatable bonds is 5. The van der Waals surface area contributed by atoms with Crippen molar-refractivity contribution >= 4 is 11.6 Å². The summed E-state index contributed by atoms with van der Waals surface area (Å²) in [4.78, 5) is 12.3. The summed E-state index contributed by atoms with van der Waals surface area (Å²) in [6.07, 6.45) is 0. The van der Waals surface area contributed by atoms with E-state index < -0.39 is 0 Å². The van der Waals surface area contributed by atoms with Crippen molar-refractivity contribution in [1.29, 1.82) is 0 Å². The molecule has 2 aromatic rings. The van der Waals surface area contributed by atoms with Gasteiger partial charge in [-0.3, -0.25) is 4.79 Å². The van der Waals surface area contributed by atoms with Crippen LogP contribution in [0.1, 0.15) is 15.9 Å². The highest BCUT2D eigenvalue weighted by Gasteiger charge is 2.13. The van der Waals surface area contributed by atoms with Gasteiger partial charge in [-0.2, -0.15) is 0 Å². The third-order valence-corrected chi connectivity index (χ3v) is 3.09. The summed E-state index contributed by atoms with van der Waals surface area (Å²) in [6, 6.07) is 12.0. The molecule has 0 bridgehead atoms. The molecule has 21 heavy (non-hydrogen) atoms. The van der Waals surface area contributed by atoms with Crippen molar-refractivity contribution < 1.29 is 19.4 Å². The van der Waals surface area contributed by atoms with Gasteiger partial charge in [-0.1, -0.05) is 18.2 Å². The van der Waals surface area contributed by atoms with E-state index in [9.17, 15) is 9.90 Å². The monoisotopic (exact) mass is 287 g/mol. The number of nitrogens with one attached hydrogen (secondary N) is 1. The van der Waals surface area contributed by atoms with Gasteiger partial charge in [0.25, 0.3) is 5.91 Å². The Morgan fingerprint density at radius 2 is 1.90 bits per heavy atom. The van der Waals surface area contributed by atoms with Gasteiger partial charge in [-0.05, 0) is 18.2 Å². The largest absolute Gasteiger partial charge is 0.497 e. The van der Waals surface area contributed by atoms with Crippen LogP contribution in [-0.2, 0) is 6.61 Å². The Morgan fingerprint density at radius 1 is 1.14 bits per heavy atom. The molecular formula is C16H17NO4. The van der Waals surface area contributed by atoms with Gasteiger partial charge >= 0.3 is 0 Å². The van der Waals surface area contributed by atoms with Crippen molar-refractivity contribution in [3.63, 3.8) is 0 Å². The molecule has 2 rings (SSSR count). The Balaban J connectivity index is 2.30. The molecule has 0 aliphatic heterocycles. The quantitative estimate of drug-likeness (QED) is 0.886. The first kappa shape index (κ1) is 14.9. The Morgan fingerprint density at radius 3 is 2.57 bits per heavy atom. The molecule has 110 valence electrons. The first-order chi connectivity index (χ1) is 10.2. The van der Waals surface area contributed by atoms with E-state index in [1.54, 1.807) is 49.6 Å². The van der Waals surface area contributed by atoms with Gasteiger partial charge in [-0.15, -0.1) is 0 Å². The van der Waals surface area contributed by atoms with Crippen LogP contribution in [0, 0.1) is 0 Å². The van der Waals surface area contributed by atoms with Crippen molar-refractivity contribution in [1.82, 2.24) is 0 Å². The van der Waals surface area contributed by atoms with Crippen molar-refractivity contribution in [3.8, 4) is 11.5 Å². The zero-order valence-corrected chi connectivity index (χ0v) is 11.9. The van der Waals surface area contributed by atoms with Crippen LogP contribution in [0.3, 0.4) is 0 Å². The first-order valence-corrected chi connectivity index (χ1v) is 6.41. The lowest BCUT2D eigenvalue weighted by atomic mass is 10.1. The number of ether oxygens (including phenoxy) is 2. The number of anilines is 1. The molecular weight excluding hydrogens is 270 g/mol. The molecule has 0 saturated carbocycles. The summed E-state index contributed by atoms with van der Waals surface area (Å²) in [5.41, 5.74) is 1.54. The maximum Gasteiger partial charge on any atom is 0.259 e. The van der Waals surface area contributed by atoms with Crippen LogP contribution in [0.4, 0.5) is 5.69 Å². The third kappa shape index (κ3) is 3.32. The lowest BCUT2D eigenvalue weighted by Crippen LogP contribution is -2.14. The van der Waals surface area contributed by atoms with Gasteiger partial charge in [0.1, 0.15) is 11.5 Å². The Bertz CT molecular complexity index is 640. The van der Waals surface area contributed by atoms with Crippen molar-refractivity contribution in [2.24, 2.45) is 0 Å². The molecule has 5 heteroatoms. The SMILES string of the molecule is COc1ccc(CO)c(NC(=O)c2ccccc2OC)c1. The fourth-order valence-corrected chi connectivity index (χ4v) is 1.96. The summed E-state index contributed by atoms with van der Waals surface area (Å²) in [6.45, 7) is -0.175. The van der Waals surface area contributed by atoms with Gasteiger partial charge in [0.2, 0.25) is 0 Å². The lowest BCUT2D eigenvalue weighted by Gasteiger charge is -2.13. The number of carbonyl (C=O) groups is 1. The lowest BCUT2D eigenvalue weighted by molar-refractivity contribution is 0.102. The van der Waals surface area contributed by atoms with Crippen LogP contribution >= 0.6 is 0 Å². The zero-order chi connectivity index (χ0) is 15.2. The normalized spacial score (nSPS) is 10.0. The van der Waals surface area contributed by atoms with E-state index in [4.69, 9.17) is 9.47 Å². The summed E-state index contributed by atoms with van der Waals surface area (Å²) in [5, 5.41) is 12.1. The predicted molar refractivity (Wildman–Crippen MR) is 79.9 cm³/mol. The molecule has 0 saturated heterocycles. The Kier molecular flexibility index (Phi) is 4.79. The molecule has 0 spiro atoms. The van der Waals surface area contributed by atoms with Gasteiger partial charge in [0.05, 0.1) is 32.1 Å².